The number of benzene rings is 2. The molecule has 2 aromatic carbocycles. The van der Waals surface area contributed by atoms with Crippen LogP contribution in [0.15, 0.2) is 48.5 Å². The number of nitrogens with one attached hydrogen (secondary N) is 2. The zero-order valence-electron chi connectivity index (χ0n) is 23.3. The third-order valence-electron chi connectivity index (χ3n) is 9.16. The SMILES string of the molecule is Cc1cccc(Cl)c1NC(=O)C1N(CCCCCCO)C(=O)[C@@H]2[C@H](C(=O)Nc3ccccc3)[C@@]3(C)OC12CC3C. The van der Waals surface area contributed by atoms with E-state index in [2.05, 4.69) is 10.6 Å². The van der Waals surface area contributed by atoms with Gasteiger partial charge in [-0.1, -0.05) is 61.7 Å². The minimum Gasteiger partial charge on any atom is -0.396 e. The summed E-state index contributed by atoms with van der Waals surface area (Å²) < 4.78 is 6.78. The lowest BCUT2D eigenvalue weighted by Gasteiger charge is -2.36. The zero-order chi connectivity index (χ0) is 28.7. The highest BCUT2D eigenvalue weighted by Crippen LogP contribution is 2.65. The topological polar surface area (TPSA) is 108 Å². The van der Waals surface area contributed by atoms with Crippen molar-refractivity contribution in [3.05, 3.63) is 59.1 Å². The first-order valence-corrected chi connectivity index (χ1v) is 14.5. The Morgan fingerprint density at radius 3 is 2.48 bits per heavy atom. The zero-order valence-corrected chi connectivity index (χ0v) is 24.0. The highest BCUT2D eigenvalue weighted by Gasteiger charge is 2.79. The molecule has 3 heterocycles. The van der Waals surface area contributed by atoms with Gasteiger partial charge in [-0.25, -0.2) is 0 Å². The summed E-state index contributed by atoms with van der Waals surface area (Å²) >= 11 is 6.45. The summed E-state index contributed by atoms with van der Waals surface area (Å²) in [7, 11) is 0. The molecule has 2 aromatic rings. The molecule has 6 atom stereocenters. The van der Waals surface area contributed by atoms with Gasteiger partial charge in [0.2, 0.25) is 17.7 Å². The number of rotatable bonds is 10. The Morgan fingerprint density at radius 2 is 1.77 bits per heavy atom. The summed E-state index contributed by atoms with van der Waals surface area (Å²) in [5.74, 6) is -2.43. The van der Waals surface area contributed by atoms with Crippen molar-refractivity contribution in [1.82, 2.24) is 4.90 Å². The number of aliphatic hydroxyl groups is 1. The number of carbonyl (C=O) groups is 3. The van der Waals surface area contributed by atoms with E-state index >= 15 is 0 Å². The highest BCUT2D eigenvalue weighted by molar-refractivity contribution is 6.34. The molecule has 214 valence electrons. The Hall–Kier alpha value is -2.94. The molecule has 8 nitrogen and oxygen atoms in total. The molecule has 3 unspecified atom stereocenters. The van der Waals surface area contributed by atoms with Crippen LogP contribution in [-0.2, 0) is 19.1 Å². The molecule has 0 radical (unpaired) electrons. The van der Waals surface area contributed by atoms with Crippen molar-refractivity contribution >= 4 is 40.7 Å². The van der Waals surface area contributed by atoms with Crippen molar-refractivity contribution in [2.75, 3.05) is 23.8 Å². The molecular formula is C31H38ClN3O5. The van der Waals surface area contributed by atoms with Gasteiger partial charge in [0.05, 0.1) is 28.1 Å². The summed E-state index contributed by atoms with van der Waals surface area (Å²) in [6.07, 6.45) is 3.51. The molecule has 2 bridgehead atoms. The van der Waals surface area contributed by atoms with Crippen LogP contribution in [-0.4, -0.2) is 58.1 Å². The van der Waals surface area contributed by atoms with Crippen molar-refractivity contribution in [2.45, 2.75) is 70.1 Å². The van der Waals surface area contributed by atoms with Gasteiger partial charge in [-0.05, 0) is 62.8 Å². The third-order valence-corrected chi connectivity index (χ3v) is 9.48. The Kier molecular flexibility index (Phi) is 7.97. The van der Waals surface area contributed by atoms with E-state index < -0.39 is 29.1 Å². The fraction of sp³-hybridized carbons (Fsp3) is 0.516. The van der Waals surface area contributed by atoms with E-state index in [1.54, 1.807) is 11.0 Å². The summed E-state index contributed by atoms with van der Waals surface area (Å²) in [5.41, 5.74) is -0.0591. The normalized spacial score (nSPS) is 30.4. The second-order valence-electron chi connectivity index (χ2n) is 11.6. The fourth-order valence-electron chi connectivity index (χ4n) is 7.15. The molecule has 9 heteroatoms. The Balaban J connectivity index is 1.50. The lowest BCUT2D eigenvalue weighted by molar-refractivity contribution is -0.144. The van der Waals surface area contributed by atoms with Crippen molar-refractivity contribution in [3.63, 3.8) is 0 Å². The Morgan fingerprint density at radius 1 is 1.05 bits per heavy atom. The first-order chi connectivity index (χ1) is 19.1. The number of hydrogen-bond acceptors (Lipinski definition) is 5. The van der Waals surface area contributed by atoms with E-state index in [1.807, 2.05) is 63.2 Å². The second kappa shape index (κ2) is 11.1. The first-order valence-electron chi connectivity index (χ1n) is 14.2. The number of nitrogens with zero attached hydrogens (tertiary/aromatic N) is 1. The van der Waals surface area contributed by atoms with Gasteiger partial charge in [-0.2, -0.15) is 0 Å². The van der Waals surface area contributed by atoms with Crippen molar-refractivity contribution in [1.29, 1.82) is 0 Å². The van der Waals surface area contributed by atoms with Crippen LogP contribution in [0.5, 0.6) is 0 Å². The van der Waals surface area contributed by atoms with E-state index in [-0.39, 0.29) is 30.2 Å². The number of hydrogen-bond donors (Lipinski definition) is 3. The summed E-state index contributed by atoms with van der Waals surface area (Å²) in [4.78, 5) is 43.8. The van der Waals surface area contributed by atoms with Crippen molar-refractivity contribution < 1.29 is 24.2 Å². The number of para-hydroxylation sites is 2. The number of anilines is 2. The number of carbonyl (C=O) groups excluding carboxylic acids is 3. The predicted molar refractivity (Wildman–Crippen MR) is 154 cm³/mol. The number of likely N-dealkylation sites (tertiary alicyclic amines) is 1. The molecule has 3 fully saturated rings. The van der Waals surface area contributed by atoms with Crippen LogP contribution in [0.2, 0.25) is 5.02 Å². The van der Waals surface area contributed by atoms with Crippen LogP contribution in [0.1, 0.15) is 51.5 Å². The maximum Gasteiger partial charge on any atom is 0.250 e. The maximum absolute atomic E-state index is 14.2. The number of amides is 3. The molecule has 5 rings (SSSR count). The van der Waals surface area contributed by atoms with Crippen LogP contribution >= 0.6 is 11.6 Å². The van der Waals surface area contributed by atoms with Crippen LogP contribution in [0.3, 0.4) is 0 Å². The number of fused-ring (bicyclic) bond motifs is 1. The van der Waals surface area contributed by atoms with Crippen molar-refractivity contribution in [2.24, 2.45) is 17.8 Å². The first kappa shape index (κ1) is 28.6. The second-order valence-corrected chi connectivity index (χ2v) is 12.1. The molecule has 40 heavy (non-hydrogen) atoms. The summed E-state index contributed by atoms with van der Waals surface area (Å²) in [6, 6.07) is 13.7. The molecule has 3 saturated heterocycles. The van der Waals surface area contributed by atoms with E-state index in [0.717, 1.165) is 18.4 Å². The van der Waals surface area contributed by atoms with Gasteiger partial charge in [0, 0.05) is 18.8 Å². The Bertz CT molecular complexity index is 1270. The van der Waals surface area contributed by atoms with Crippen LogP contribution in [0.4, 0.5) is 11.4 Å². The molecule has 3 amide bonds. The minimum absolute atomic E-state index is 0.0510. The van der Waals surface area contributed by atoms with E-state index in [1.165, 1.54) is 0 Å². The number of ether oxygens (including phenoxy) is 1. The van der Waals surface area contributed by atoms with Gasteiger partial charge in [-0.3, -0.25) is 14.4 Å². The Labute approximate surface area is 240 Å². The average molecular weight is 568 g/mol. The molecule has 0 aromatic heterocycles. The third kappa shape index (κ3) is 4.70. The smallest absolute Gasteiger partial charge is 0.250 e. The lowest BCUT2D eigenvalue weighted by atomic mass is 9.62. The number of aliphatic hydroxyl groups excluding tert-OH is 1. The van der Waals surface area contributed by atoms with Gasteiger partial charge < -0.3 is 25.4 Å². The van der Waals surface area contributed by atoms with E-state index in [9.17, 15) is 14.4 Å². The van der Waals surface area contributed by atoms with Gasteiger partial charge >= 0.3 is 0 Å². The van der Waals surface area contributed by atoms with Crippen LogP contribution in [0, 0.1) is 24.7 Å². The lowest BCUT2D eigenvalue weighted by Crippen LogP contribution is -2.54. The highest BCUT2D eigenvalue weighted by atomic mass is 35.5. The molecule has 1 spiro atoms. The monoisotopic (exact) mass is 567 g/mol. The standard InChI is InChI=1S/C31H38ClN3O5/c1-19-12-11-15-22(32)25(19)34-28(38)26-31-18-20(2)30(3,40-31)23(27(37)33-21-13-7-6-8-14-21)24(31)29(39)35(26)16-9-4-5-10-17-36/h6-8,11-15,20,23-24,26,36H,4-5,9-10,16-18H2,1-3H3,(H,33,37)(H,34,38)/t20?,23-,24+,26?,30+,31?/m1/s1. The largest absolute Gasteiger partial charge is 0.396 e. The van der Waals surface area contributed by atoms with Gasteiger partial charge in [0.25, 0.3) is 0 Å². The summed E-state index contributed by atoms with van der Waals surface area (Å²) in [6.45, 7) is 6.29. The predicted octanol–water partition coefficient (Wildman–Crippen LogP) is 4.79. The molecule has 3 aliphatic heterocycles. The van der Waals surface area contributed by atoms with Gasteiger partial charge in [-0.15, -0.1) is 0 Å². The van der Waals surface area contributed by atoms with Crippen molar-refractivity contribution in [3.8, 4) is 0 Å². The van der Waals surface area contributed by atoms with E-state index in [0.29, 0.717) is 42.2 Å². The van der Waals surface area contributed by atoms with E-state index in [4.69, 9.17) is 21.4 Å². The van der Waals surface area contributed by atoms with Gasteiger partial charge in [0.15, 0.2) is 0 Å². The van der Waals surface area contributed by atoms with Crippen LogP contribution in [0.25, 0.3) is 0 Å². The molecular weight excluding hydrogens is 530 g/mol. The molecule has 0 saturated carbocycles. The number of aryl methyl sites for hydroxylation is 1. The van der Waals surface area contributed by atoms with Crippen LogP contribution < -0.4 is 10.6 Å². The average Bonchev–Trinajstić information content (AvgIpc) is 3.43. The molecule has 3 N–H and O–H groups in total. The maximum atomic E-state index is 14.2. The van der Waals surface area contributed by atoms with Gasteiger partial charge in [0.1, 0.15) is 11.6 Å². The molecule has 3 aliphatic rings. The number of unbranched alkanes of at least 4 members (excludes halogenated alkanes) is 3. The molecule has 0 aliphatic carbocycles. The minimum atomic E-state index is -1.13. The quantitative estimate of drug-likeness (QED) is 0.358. The summed E-state index contributed by atoms with van der Waals surface area (Å²) in [5, 5.41) is 15.6. The number of halogens is 1. The fourth-order valence-corrected chi connectivity index (χ4v) is 7.42.